The van der Waals surface area contributed by atoms with Gasteiger partial charge < -0.3 is 15.5 Å². The minimum absolute atomic E-state index is 0.138. The van der Waals surface area contributed by atoms with Crippen LogP contribution in [0.4, 0.5) is 0 Å². The van der Waals surface area contributed by atoms with Gasteiger partial charge in [-0.2, -0.15) is 0 Å². The average molecular weight is 264 g/mol. The molecule has 1 aliphatic heterocycles. The molecule has 3 N–H and O–H groups in total. The van der Waals surface area contributed by atoms with Crippen molar-refractivity contribution in [2.75, 3.05) is 26.2 Å². The topological polar surface area (TPSA) is 55.7 Å². The Bertz CT molecular complexity index is 394. The van der Waals surface area contributed by atoms with Crippen molar-refractivity contribution < 1.29 is 10.2 Å². The molecule has 0 amide bonds. The zero-order valence-electron chi connectivity index (χ0n) is 11.8. The molecule has 1 fully saturated rings. The lowest BCUT2D eigenvalue weighted by Gasteiger charge is -2.36. The summed E-state index contributed by atoms with van der Waals surface area (Å²) in [5.41, 5.74) is 1.01. The molecule has 1 saturated heterocycles. The van der Waals surface area contributed by atoms with Gasteiger partial charge in [-0.3, -0.25) is 4.90 Å². The predicted octanol–water partition coefficient (Wildman–Crippen LogP) is 2.09. The fraction of sp³-hybridized carbons (Fsp3) is 0.600. The molecule has 1 heterocycles. The molecule has 1 aromatic rings. The number of benzene rings is 1. The van der Waals surface area contributed by atoms with E-state index < -0.39 is 0 Å². The molecule has 0 radical (unpaired) electrons. The molecule has 0 aromatic heterocycles. The lowest BCUT2D eigenvalue weighted by molar-refractivity contribution is 0.153. The van der Waals surface area contributed by atoms with Crippen LogP contribution in [0.15, 0.2) is 18.2 Å². The number of hydrogen-bond acceptors (Lipinski definition) is 4. The van der Waals surface area contributed by atoms with Gasteiger partial charge in [-0.05, 0) is 30.0 Å². The third kappa shape index (κ3) is 3.85. The van der Waals surface area contributed by atoms with E-state index in [1.165, 1.54) is 6.07 Å². The molecule has 4 heteroatoms. The summed E-state index contributed by atoms with van der Waals surface area (Å²) in [6.07, 6.45) is 1.03. The van der Waals surface area contributed by atoms with Gasteiger partial charge in [-0.1, -0.05) is 13.8 Å². The maximum Gasteiger partial charge on any atom is 0.119 e. The van der Waals surface area contributed by atoms with E-state index in [1.807, 2.05) is 0 Å². The minimum atomic E-state index is 0.138. The molecule has 0 unspecified atom stereocenters. The summed E-state index contributed by atoms with van der Waals surface area (Å²) in [7, 11) is 0. The molecule has 0 spiro atoms. The highest BCUT2D eigenvalue weighted by Crippen LogP contribution is 2.32. The largest absolute Gasteiger partial charge is 0.508 e. The third-order valence-electron chi connectivity index (χ3n) is 3.60. The number of rotatable bonds is 4. The Hall–Kier alpha value is -1.26. The van der Waals surface area contributed by atoms with Gasteiger partial charge in [-0.15, -0.1) is 0 Å². The van der Waals surface area contributed by atoms with E-state index in [9.17, 15) is 10.2 Å². The number of hydrogen-bond donors (Lipinski definition) is 3. The van der Waals surface area contributed by atoms with Crippen LogP contribution in [0.25, 0.3) is 0 Å². The summed E-state index contributed by atoms with van der Waals surface area (Å²) in [6, 6.07) is 5.19. The number of nitrogens with zero attached hydrogens (tertiary/aromatic N) is 1. The van der Waals surface area contributed by atoms with Gasteiger partial charge in [0.2, 0.25) is 0 Å². The fourth-order valence-electron chi connectivity index (χ4n) is 2.75. The van der Waals surface area contributed by atoms with E-state index in [0.29, 0.717) is 5.92 Å². The van der Waals surface area contributed by atoms with Crippen molar-refractivity contribution in [2.45, 2.75) is 26.3 Å². The molecule has 19 heavy (non-hydrogen) atoms. The summed E-state index contributed by atoms with van der Waals surface area (Å²) >= 11 is 0. The molecule has 1 aliphatic rings. The molecular weight excluding hydrogens is 240 g/mol. The second-order valence-electron chi connectivity index (χ2n) is 5.71. The molecule has 1 aromatic carbocycles. The van der Waals surface area contributed by atoms with Gasteiger partial charge in [0.15, 0.2) is 0 Å². The Morgan fingerprint density at radius 2 is 1.68 bits per heavy atom. The van der Waals surface area contributed by atoms with Gasteiger partial charge >= 0.3 is 0 Å². The van der Waals surface area contributed by atoms with Crippen LogP contribution in [0.3, 0.4) is 0 Å². The van der Waals surface area contributed by atoms with E-state index in [1.54, 1.807) is 12.1 Å². The number of nitrogens with one attached hydrogen (secondary N) is 1. The van der Waals surface area contributed by atoms with Gasteiger partial charge in [0, 0.05) is 38.3 Å². The monoisotopic (exact) mass is 264 g/mol. The van der Waals surface area contributed by atoms with Crippen LogP contribution in [0, 0.1) is 5.92 Å². The third-order valence-corrected chi connectivity index (χ3v) is 3.60. The van der Waals surface area contributed by atoms with E-state index in [4.69, 9.17) is 0 Å². The van der Waals surface area contributed by atoms with Crippen molar-refractivity contribution in [3.63, 3.8) is 0 Å². The number of phenols is 2. The lowest BCUT2D eigenvalue weighted by Crippen LogP contribution is -2.45. The van der Waals surface area contributed by atoms with Crippen LogP contribution in [0.1, 0.15) is 31.9 Å². The van der Waals surface area contributed by atoms with Gasteiger partial charge in [0.1, 0.15) is 11.5 Å². The molecule has 106 valence electrons. The van der Waals surface area contributed by atoms with E-state index in [-0.39, 0.29) is 17.5 Å². The summed E-state index contributed by atoms with van der Waals surface area (Å²) < 4.78 is 0. The van der Waals surface area contributed by atoms with Crippen molar-refractivity contribution in [1.82, 2.24) is 10.2 Å². The Morgan fingerprint density at radius 1 is 1.11 bits per heavy atom. The Labute approximate surface area is 115 Å². The number of aromatic hydroxyl groups is 2. The average Bonchev–Trinajstić information content (AvgIpc) is 2.35. The van der Waals surface area contributed by atoms with Crippen molar-refractivity contribution in [2.24, 2.45) is 5.92 Å². The van der Waals surface area contributed by atoms with Crippen molar-refractivity contribution in [3.05, 3.63) is 23.8 Å². The zero-order chi connectivity index (χ0) is 13.8. The molecule has 2 rings (SSSR count). The van der Waals surface area contributed by atoms with Crippen LogP contribution in [-0.4, -0.2) is 41.3 Å². The summed E-state index contributed by atoms with van der Waals surface area (Å²) in [5, 5.41) is 22.7. The first-order valence-corrected chi connectivity index (χ1v) is 7.04. The van der Waals surface area contributed by atoms with Gasteiger partial charge in [0.05, 0.1) is 0 Å². The highest BCUT2D eigenvalue weighted by Gasteiger charge is 2.23. The quantitative estimate of drug-likeness (QED) is 0.779. The normalized spacial score (nSPS) is 18.7. The summed E-state index contributed by atoms with van der Waals surface area (Å²) in [4.78, 5) is 2.44. The highest BCUT2D eigenvalue weighted by atomic mass is 16.3. The smallest absolute Gasteiger partial charge is 0.119 e. The Kier molecular flexibility index (Phi) is 4.66. The van der Waals surface area contributed by atoms with Crippen LogP contribution in [0.5, 0.6) is 11.5 Å². The van der Waals surface area contributed by atoms with Gasteiger partial charge in [0.25, 0.3) is 0 Å². The van der Waals surface area contributed by atoms with Gasteiger partial charge in [-0.25, -0.2) is 0 Å². The van der Waals surface area contributed by atoms with Crippen molar-refractivity contribution in [3.8, 4) is 11.5 Å². The first-order chi connectivity index (χ1) is 9.06. The van der Waals surface area contributed by atoms with Crippen molar-refractivity contribution >= 4 is 0 Å². The predicted molar refractivity (Wildman–Crippen MR) is 76.4 cm³/mol. The maximum atomic E-state index is 9.68. The molecule has 0 bridgehead atoms. The molecule has 4 nitrogen and oxygen atoms in total. The van der Waals surface area contributed by atoms with Crippen LogP contribution in [-0.2, 0) is 0 Å². The standard InChI is InChI=1S/C15H24N2O2/c1-11(2)7-15(17-5-3-16-4-6-17)12-8-13(18)10-14(19)9-12/h8-11,15-16,18-19H,3-7H2,1-2H3/t15-/m1/s1. The Balaban J connectivity index is 2.24. The second kappa shape index (κ2) is 6.26. The van der Waals surface area contributed by atoms with Crippen molar-refractivity contribution in [1.29, 1.82) is 0 Å². The zero-order valence-corrected chi connectivity index (χ0v) is 11.8. The highest BCUT2D eigenvalue weighted by molar-refractivity contribution is 5.38. The minimum Gasteiger partial charge on any atom is -0.508 e. The number of phenolic OH excluding ortho intramolecular Hbond substituents is 2. The lowest BCUT2D eigenvalue weighted by atomic mass is 9.94. The maximum absolute atomic E-state index is 9.68. The van der Waals surface area contributed by atoms with E-state index in [0.717, 1.165) is 38.2 Å². The molecular formula is C15H24N2O2. The molecule has 1 atom stereocenters. The summed E-state index contributed by atoms with van der Waals surface area (Å²) in [6.45, 7) is 8.43. The first kappa shape index (κ1) is 14.2. The van der Waals surface area contributed by atoms with E-state index >= 15 is 0 Å². The van der Waals surface area contributed by atoms with Crippen LogP contribution >= 0.6 is 0 Å². The molecule has 0 aliphatic carbocycles. The molecule has 0 saturated carbocycles. The van der Waals surface area contributed by atoms with E-state index in [2.05, 4.69) is 24.1 Å². The number of piperazine rings is 1. The first-order valence-electron chi connectivity index (χ1n) is 7.04. The Morgan fingerprint density at radius 3 is 2.21 bits per heavy atom. The SMILES string of the molecule is CC(C)C[C@H](c1cc(O)cc(O)c1)N1CCNCC1. The van der Waals surface area contributed by atoms with Crippen LogP contribution < -0.4 is 5.32 Å². The summed E-state index contributed by atoms with van der Waals surface area (Å²) in [5.74, 6) is 0.849. The second-order valence-corrected chi connectivity index (χ2v) is 5.71. The van der Waals surface area contributed by atoms with Crippen LogP contribution in [0.2, 0.25) is 0 Å². The fourth-order valence-corrected chi connectivity index (χ4v) is 2.75.